The first-order valence-electron chi connectivity index (χ1n) is 6.42. The van der Waals surface area contributed by atoms with Crippen molar-refractivity contribution in [1.82, 2.24) is 24.6 Å². The Kier molecular flexibility index (Phi) is 3.99. The molecule has 1 amide bonds. The summed E-state index contributed by atoms with van der Waals surface area (Å²) >= 11 is 0. The van der Waals surface area contributed by atoms with Gasteiger partial charge >= 0.3 is 0 Å². The van der Waals surface area contributed by atoms with Crippen LogP contribution in [-0.4, -0.2) is 31.8 Å². The molecule has 2 aromatic rings. The summed E-state index contributed by atoms with van der Waals surface area (Å²) in [5.41, 5.74) is 2.98. The fourth-order valence-corrected chi connectivity index (χ4v) is 1.91. The Labute approximate surface area is 112 Å². The van der Waals surface area contributed by atoms with Crippen molar-refractivity contribution in [2.45, 2.75) is 33.7 Å². The fraction of sp³-hybridized carbons (Fsp3) is 0.462. The van der Waals surface area contributed by atoms with Gasteiger partial charge in [-0.15, -0.1) is 0 Å². The lowest BCUT2D eigenvalue weighted by Crippen LogP contribution is -2.22. The van der Waals surface area contributed by atoms with E-state index >= 15 is 0 Å². The Hall–Kier alpha value is -2.11. The van der Waals surface area contributed by atoms with Gasteiger partial charge in [0.25, 0.3) is 0 Å². The van der Waals surface area contributed by atoms with Crippen LogP contribution in [0.4, 0.5) is 0 Å². The second-order valence-corrected chi connectivity index (χ2v) is 4.46. The smallest absolute Gasteiger partial charge is 0.216 e. The molecule has 0 aliphatic carbocycles. The number of hydrogen-bond acceptors (Lipinski definition) is 3. The lowest BCUT2D eigenvalue weighted by atomic mass is 10.3. The number of carbonyl (C=O) groups excluding carboxylic acids is 1. The van der Waals surface area contributed by atoms with Crippen LogP contribution in [0.3, 0.4) is 0 Å². The molecule has 0 atom stereocenters. The molecule has 0 fully saturated rings. The maximum atomic E-state index is 10.8. The van der Waals surface area contributed by atoms with Gasteiger partial charge in [0.2, 0.25) is 5.91 Å². The van der Waals surface area contributed by atoms with E-state index in [4.69, 9.17) is 0 Å². The Balaban J connectivity index is 2.07. The minimum Gasteiger partial charge on any atom is -0.356 e. The third-order valence-corrected chi connectivity index (χ3v) is 2.91. The lowest BCUT2D eigenvalue weighted by Gasteiger charge is -1.99. The van der Waals surface area contributed by atoms with Crippen molar-refractivity contribution in [1.29, 1.82) is 0 Å². The van der Waals surface area contributed by atoms with E-state index in [0.717, 1.165) is 30.0 Å². The Morgan fingerprint density at radius 3 is 2.84 bits per heavy atom. The highest BCUT2D eigenvalue weighted by Crippen LogP contribution is 2.13. The highest BCUT2D eigenvalue weighted by molar-refractivity contribution is 5.72. The van der Waals surface area contributed by atoms with E-state index in [2.05, 4.69) is 22.3 Å². The van der Waals surface area contributed by atoms with Gasteiger partial charge in [0.1, 0.15) is 0 Å². The highest BCUT2D eigenvalue weighted by atomic mass is 16.1. The third-order valence-electron chi connectivity index (χ3n) is 2.91. The summed E-state index contributed by atoms with van der Waals surface area (Å²) in [6.07, 6.45) is 6.50. The number of carbonyl (C=O) groups is 1. The molecule has 0 saturated carbocycles. The van der Waals surface area contributed by atoms with Gasteiger partial charge in [0.15, 0.2) is 0 Å². The Morgan fingerprint density at radius 1 is 1.42 bits per heavy atom. The molecule has 2 heterocycles. The third kappa shape index (κ3) is 3.21. The summed E-state index contributed by atoms with van der Waals surface area (Å²) in [5, 5.41) is 7.17. The van der Waals surface area contributed by atoms with Gasteiger partial charge in [-0.05, 0) is 13.8 Å². The van der Waals surface area contributed by atoms with Crippen LogP contribution in [0.25, 0.3) is 5.69 Å². The fourth-order valence-electron chi connectivity index (χ4n) is 1.91. The SMILES string of the molecule is CCn1cc(-n2cnc(CCNC(C)=O)c2)c(C)n1. The average molecular weight is 261 g/mol. The second kappa shape index (κ2) is 5.69. The number of nitrogens with zero attached hydrogens (tertiary/aromatic N) is 4. The molecule has 0 aromatic carbocycles. The number of imidazole rings is 1. The number of aromatic nitrogens is 4. The molecular formula is C13H19N5O. The van der Waals surface area contributed by atoms with Crippen molar-refractivity contribution >= 4 is 5.91 Å². The molecule has 102 valence electrons. The molecule has 0 radical (unpaired) electrons. The first-order chi connectivity index (χ1) is 9.10. The molecule has 0 aliphatic heterocycles. The maximum absolute atomic E-state index is 10.8. The summed E-state index contributed by atoms with van der Waals surface area (Å²) in [5.74, 6) is -0.0144. The number of nitrogens with one attached hydrogen (secondary N) is 1. The largest absolute Gasteiger partial charge is 0.356 e. The van der Waals surface area contributed by atoms with Crippen LogP contribution in [0.1, 0.15) is 25.2 Å². The summed E-state index contributed by atoms with van der Waals surface area (Å²) in [4.78, 5) is 15.1. The maximum Gasteiger partial charge on any atom is 0.216 e. The van der Waals surface area contributed by atoms with Gasteiger partial charge in [-0.3, -0.25) is 9.48 Å². The molecule has 19 heavy (non-hydrogen) atoms. The summed E-state index contributed by atoms with van der Waals surface area (Å²) in [6.45, 7) is 7.02. The minimum absolute atomic E-state index is 0.0144. The van der Waals surface area contributed by atoms with E-state index < -0.39 is 0 Å². The molecule has 1 N–H and O–H groups in total. The summed E-state index contributed by atoms with van der Waals surface area (Å²) in [7, 11) is 0. The normalized spacial score (nSPS) is 10.7. The van der Waals surface area contributed by atoms with Gasteiger partial charge in [0, 0.05) is 38.8 Å². The monoisotopic (exact) mass is 261 g/mol. The quantitative estimate of drug-likeness (QED) is 0.875. The van der Waals surface area contributed by atoms with Crippen LogP contribution in [0.15, 0.2) is 18.7 Å². The van der Waals surface area contributed by atoms with Crippen LogP contribution >= 0.6 is 0 Å². The van der Waals surface area contributed by atoms with Gasteiger partial charge < -0.3 is 9.88 Å². The summed E-state index contributed by atoms with van der Waals surface area (Å²) in [6, 6.07) is 0. The molecule has 6 heteroatoms. The van der Waals surface area contributed by atoms with E-state index in [9.17, 15) is 4.79 Å². The number of aryl methyl sites for hydroxylation is 2. The van der Waals surface area contributed by atoms with Gasteiger partial charge in [0.05, 0.1) is 23.4 Å². The first-order valence-corrected chi connectivity index (χ1v) is 6.42. The molecule has 0 aliphatic rings. The molecule has 2 rings (SSSR count). The van der Waals surface area contributed by atoms with Crippen LogP contribution in [-0.2, 0) is 17.8 Å². The predicted octanol–water partition coefficient (Wildman–Crippen LogP) is 1.08. The number of rotatable bonds is 5. The predicted molar refractivity (Wildman–Crippen MR) is 72.1 cm³/mol. The highest BCUT2D eigenvalue weighted by Gasteiger charge is 2.07. The van der Waals surface area contributed by atoms with Gasteiger partial charge in [-0.25, -0.2) is 4.98 Å². The standard InChI is InChI=1S/C13H19N5O/c1-4-18-8-13(10(2)16-18)17-7-12(15-9-17)5-6-14-11(3)19/h7-9H,4-6H2,1-3H3,(H,14,19). The lowest BCUT2D eigenvalue weighted by molar-refractivity contribution is -0.118. The molecule has 0 spiro atoms. The molecule has 0 saturated heterocycles. The zero-order valence-corrected chi connectivity index (χ0v) is 11.6. The van der Waals surface area contributed by atoms with Crippen molar-refractivity contribution in [2.24, 2.45) is 0 Å². The van der Waals surface area contributed by atoms with Crippen molar-refractivity contribution < 1.29 is 4.79 Å². The number of amides is 1. The first kappa shape index (κ1) is 13.3. The van der Waals surface area contributed by atoms with Gasteiger partial charge in [-0.2, -0.15) is 5.10 Å². The van der Waals surface area contributed by atoms with E-state index in [1.54, 1.807) is 6.33 Å². The zero-order chi connectivity index (χ0) is 13.8. The van der Waals surface area contributed by atoms with Crippen molar-refractivity contribution in [3.8, 4) is 5.69 Å². The Morgan fingerprint density at radius 2 is 2.21 bits per heavy atom. The Bertz CT molecular complexity index is 569. The van der Waals surface area contributed by atoms with Crippen molar-refractivity contribution in [3.63, 3.8) is 0 Å². The van der Waals surface area contributed by atoms with Crippen LogP contribution < -0.4 is 5.32 Å². The van der Waals surface area contributed by atoms with Gasteiger partial charge in [-0.1, -0.05) is 0 Å². The number of hydrogen-bond donors (Lipinski definition) is 1. The molecular weight excluding hydrogens is 242 g/mol. The summed E-state index contributed by atoms with van der Waals surface area (Å²) < 4.78 is 3.87. The molecule has 0 bridgehead atoms. The van der Waals surface area contributed by atoms with Crippen molar-refractivity contribution in [3.05, 3.63) is 30.1 Å². The van der Waals surface area contributed by atoms with E-state index in [0.29, 0.717) is 6.54 Å². The molecule has 0 unspecified atom stereocenters. The van der Waals surface area contributed by atoms with E-state index in [1.807, 2.05) is 28.6 Å². The average Bonchev–Trinajstić information content (AvgIpc) is 2.95. The van der Waals surface area contributed by atoms with E-state index in [-0.39, 0.29) is 5.91 Å². The van der Waals surface area contributed by atoms with E-state index in [1.165, 1.54) is 6.92 Å². The second-order valence-electron chi connectivity index (χ2n) is 4.46. The molecule has 6 nitrogen and oxygen atoms in total. The van der Waals surface area contributed by atoms with Crippen LogP contribution in [0.5, 0.6) is 0 Å². The zero-order valence-electron chi connectivity index (χ0n) is 11.6. The minimum atomic E-state index is -0.0144. The van der Waals surface area contributed by atoms with Crippen LogP contribution in [0.2, 0.25) is 0 Å². The van der Waals surface area contributed by atoms with Crippen molar-refractivity contribution in [2.75, 3.05) is 6.54 Å². The molecule has 2 aromatic heterocycles. The topological polar surface area (TPSA) is 64.7 Å². The van der Waals surface area contributed by atoms with Crippen LogP contribution in [0, 0.1) is 6.92 Å².